The van der Waals surface area contributed by atoms with Crippen molar-refractivity contribution in [1.82, 2.24) is 4.98 Å². The number of aromatic nitrogens is 1. The smallest absolute Gasteiger partial charge is 0.198 e. The first-order valence-corrected chi connectivity index (χ1v) is 11.1. The van der Waals surface area contributed by atoms with Crippen molar-refractivity contribution in [2.24, 2.45) is 0 Å². The summed E-state index contributed by atoms with van der Waals surface area (Å²) < 4.78 is 6.55. The van der Waals surface area contributed by atoms with Crippen LogP contribution in [0.3, 0.4) is 0 Å². The molecule has 5 rings (SSSR count). The zero-order valence-corrected chi connectivity index (χ0v) is 17.2. The predicted molar refractivity (Wildman–Crippen MR) is 122 cm³/mol. The number of rotatable bonds is 5. The number of oxazole rings is 1. The molecule has 4 aromatic rings. The highest BCUT2D eigenvalue weighted by Crippen LogP contribution is 2.41. The molecule has 0 N–H and O–H groups in total. The first-order chi connectivity index (χ1) is 14.9. The summed E-state index contributed by atoms with van der Waals surface area (Å²) in [7, 11) is 0. The molecule has 2 nitrogen and oxygen atoms in total. The van der Waals surface area contributed by atoms with Crippen molar-refractivity contribution in [3.05, 3.63) is 114 Å². The molecule has 0 aliphatic heterocycles. The van der Waals surface area contributed by atoms with Crippen LogP contribution in [0.2, 0.25) is 0 Å². The van der Waals surface area contributed by atoms with E-state index in [1.807, 2.05) is 6.07 Å². The molecular formula is C28H27NO. The molecule has 1 aliphatic rings. The maximum absolute atomic E-state index is 6.55. The summed E-state index contributed by atoms with van der Waals surface area (Å²) in [5.74, 6) is 2.31. The lowest BCUT2D eigenvalue weighted by atomic mass is 9.86. The number of hydrogen-bond donors (Lipinski definition) is 0. The zero-order chi connectivity index (χ0) is 20.2. The summed E-state index contributed by atoms with van der Waals surface area (Å²) >= 11 is 0. The summed E-state index contributed by atoms with van der Waals surface area (Å²) in [6.45, 7) is 0. The van der Waals surface area contributed by atoms with E-state index in [2.05, 4.69) is 84.9 Å². The lowest BCUT2D eigenvalue weighted by Crippen LogP contribution is -2.07. The van der Waals surface area contributed by atoms with Crippen LogP contribution in [0.4, 0.5) is 0 Å². The van der Waals surface area contributed by atoms with Crippen molar-refractivity contribution in [3.8, 4) is 11.3 Å². The van der Waals surface area contributed by atoms with Gasteiger partial charge in [0.05, 0.1) is 11.6 Å². The van der Waals surface area contributed by atoms with E-state index in [1.54, 1.807) is 0 Å². The van der Waals surface area contributed by atoms with Gasteiger partial charge in [0.15, 0.2) is 11.7 Å². The third-order valence-corrected chi connectivity index (χ3v) is 6.20. The van der Waals surface area contributed by atoms with Crippen molar-refractivity contribution >= 4 is 0 Å². The van der Waals surface area contributed by atoms with Crippen LogP contribution in [0.25, 0.3) is 11.3 Å². The topological polar surface area (TPSA) is 26.0 Å². The fourth-order valence-corrected chi connectivity index (χ4v) is 4.66. The molecule has 0 spiro atoms. The molecule has 3 aromatic carbocycles. The Morgan fingerprint density at radius 1 is 0.667 bits per heavy atom. The molecule has 2 heteroatoms. The predicted octanol–water partition coefficient (Wildman–Crippen LogP) is 7.57. The number of nitrogens with zero attached hydrogens (tertiary/aromatic N) is 1. The lowest BCUT2D eigenvalue weighted by Gasteiger charge is -2.18. The second-order valence-electron chi connectivity index (χ2n) is 8.22. The summed E-state index contributed by atoms with van der Waals surface area (Å²) in [5, 5.41) is 0. The van der Waals surface area contributed by atoms with Gasteiger partial charge in [-0.05, 0) is 24.0 Å². The fourth-order valence-electron chi connectivity index (χ4n) is 4.66. The van der Waals surface area contributed by atoms with Crippen molar-refractivity contribution in [2.45, 2.75) is 43.9 Å². The first-order valence-electron chi connectivity index (χ1n) is 11.1. The number of hydrogen-bond acceptors (Lipinski definition) is 2. The largest absolute Gasteiger partial charge is 0.440 e. The Morgan fingerprint density at radius 3 is 1.77 bits per heavy atom. The van der Waals surface area contributed by atoms with Gasteiger partial charge in [-0.25, -0.2) is 4.98 Å². The van der Waals surface area contributed by atoms with Crippen LogP contribution in [0.5, 0.6) is 0 Å². The molecule has 0 amide bonds. The Hall–Kier alpha value is -3.13. The first kappa shape index (κ1) is 18.9. The fraction of sp³-hybridized carbons (Fsp3) is 0.250. The van der Waals surface area contributed by atoms with Crippen LogP contribution >= 0.6 is 0 Å². The molecule has 1 heterocycles. The SMILES string of the molecule is c1ccc(-c2oc(C3CCCCC3)nc2C(c2ccccc2)c2ccccc2)cc1. The minimum Gasteiger partial charge on any atom is -0.440 e. The van der Waals surface area contributed by atoms with Crippen molar-refractivity contribution < 1.29 is 4.42 Å². The highest BCUT2D eigenvalue weighted by Gasteiger charge is 2.29. The van der Waals surface area contributed by atoms with E-state index in [9.17, 15) is 0 Å². The highest BCUT2D eigenvalue weighted by atomic mass is 16.4. The van der Waals surface area contributed by atoms with Gasteiger partial charge >= 0.3 is 0 Å². The Kier molecular flexibility index (Phi) is 5.48. The highest BCUT2D eigenvalue weighted by molar-refractivity contribution is 5.63. The summed E-state index contributed by atoms with van der Waals surface area (Å²) in [6.07, 6.45) is 6.21. The van der Waals surface area contributed by atoms with Gasteiger partial charge in [-0.15, -0.1) is 0 Å². The minimum absolute atomic E-state index is 0.0451. The molecule has 30 heavy (non-hydrogen) atoms. The van der Waals surface area contributed by atoms with Crippen LogP contribution in [-0.2, 0) is 0 Å². The van der Waals surface area contributed by atoms with Crippen molar-refractivity contribution in [1.29, 1.82) is 0 Å². The van der Waals surface area contributed by atoms with Gasteiger partial charge in [0.2, 0.25) is 0 Å². The van der Waals surface area contributed by atoms with Gasteiger partial charge in [0, 0.05) is 11.5 Å². The molecule has 1 aliphatic carbocycles. The maximum atomic E-state index is 6.55. The molecule has 1 aromatic heterocycles. The van der Waals surface area contributed by atoms with Gasteiger partial charge in [-0.1, -0.05) is 110 Å². The molecule has 0 radical (unpaired) electrons. The van der Waals surface area contributed by atoms with E-state index in [-0.39, 0.29) is 5.92 Å². The van der Waals surface area contributed by atoms with Gasteiger partial charge < -0.3 is 4.42 Å². The van der Waals surface area contributed by atoms with E-state index >= 15 is 0 Å². The van der Waals surface area contributed by atoms with Crippen LogP contribution in [-0.4, -0.2) is 4.98 Å². The Morgan fingerprint density at radius 2 is 1.20 bits per heavy atom. The van der Waals surface area contributed by atoms with E-state index in [1.165, 1.54) is 43.2 Å². The van der Waals surface area contributed by atoms with E-state index in [4.69, 9.17) is 9.40 Å². The Balaban J connectivity index is 1.69. The molecule has 1 fully saturated rings. The average Bonchev–Trinajstić information content (AvgIpc) is 3.27. The zero-order valence-electron chi connectivity index (χ0n) is 17.2. The van der Waals surface area contributed by atoms with Crippen LogP contribution in [0, 0.1) is 0 Å². The molecule has 150 valence electrons. The molecule has 1 saturated carbocycles. The minimum atomic E-state index is 0.0451. The molecular weight excluding hydrogens is 366 g/mol. The standard InChI is InChI=1S/C28H27NO/c1-5-13-21(14-6-1)25(22-15-7-2-8-16-22)26-27(23-17-9-3-10-18-23)30-28(29-26)24-19-11-4-12-20-24/h1-3,5-10,13-18,24-25H,4,11-12,19-20H2. The summed E-state index contributed by atoms with van der Waals surface area (Å²) in [6, 6.07) is 31.8. The third-order valence-electron chi connectivity index (χ3n) is 6.20. The third kappa shape index (κ3) is 3.82. The van der Waals surface area contributed by atoms with E-state index < -0.39 is 0 Å². The summed E-state index contributed by atoms with van der Waals surface area (Å²) in [5.41, 5.74) is 4.60. The average molecular weight is 394 g/mol. The molecule has 0 unspecified atom stereocenters. The lowest BCUT2D eigenvalue weighted by molar-refractivity contribution is 0.367. The van der Waals surface area contributed by atoms with E-state index in [0.717, 1.165) is 22.9 Å². The second-order valence-corrected chi connectivity index (χ2v) is 8.22. The number of benzene rings is 3. The van der Waals surface area contributed by atoms with Gasteiger partial charge in [0.1, 0.15) is 0 Å². The Bertz CT molecular complexity index is 1020. The summed E-state index contributed by atoms with van der Waals surface area (Å²) in [4.78, 5) is 5.20. The quantitative estimate of drug-likeness (QED) is 0.349. The maximum Gasteiger partial charge on any atom is 0.198 e. The van der Waals surface area contributed by atoms with Gasteiger partial charge in [0.25, 0.3) is 0 Å². The van der Waals surface area contributed by atoms with Crippen molar-refractivity contribution in [3.63, 3.8) is 0 Å². The molecule has 0 saturated heterocycles. The Labute approximate surface area is 178 Å². The van der Waals surface area contributed by atoms with Crippen LogP contribution in [0.15, 0.2) is 95.4 Å². The van der Waals surface area contributed by atoms with Crippen LogP contribution in [0.1, 0.15) is 66.7 Å². The van der Waals surface area contributed by atoms with Crippen molar-refractivity contribution in [2.75, 3.05) is 0 Å². The second kappa shape index (κ2) is 8.71. The molecule has 0 bridgehead atoms. The normalized spacial score (nSPS) is 14.8. The monoisotopic (exact) mass is 393 g/mol. The van der Waals surface area contributed by atoms with E-state index in [0.29, 0.717) is 5.92 Å². The molecule has 0 atom stereocenters. The van der Waals surface area contributed by atoms with Crippen LogP contribution < -0.4 is 0 Å². The van der Waals surface area contributed by atoms with Gasteiger partial charge in [-0.3, -0.25) is 0 Å². The van der Waals surface area contributed by atoms with Gasteiger partial charge in [-0.2, -0.15) is 0 Å².